The summed E-state index contributed by atoms with van der Waals surface area (Å²) in [5.74, 6) is 2.50. The van der Waals surface area contributed by atoms with Gasteiger partial charge in [0.25, 0.3) is 10.0 Å². The third-order valence-corrected chi connectivity index (χ3v) is 5.83. The Kier molecular flexibility index (Phi) is 5.33. The molecule has 0 saturated carbocycles. The lowest BCUT2D eigenvalue weighted by atomic mass is 9.96. The van der Waals surface area contributed by atoms with Gasteiger partial charge in [-0.1, -0.05) is 44.0 Å². The number of benzene rings is 2. The highest BCUT2D eigenvalue weighted by atomic mass is 32.2. The van der Waals surface area contributed by atoms with E-state index in [1.165, 1.54) is 4.31 Å². The molecule has 0 aromatic heterocycles. The molecule has 0 spiro atoms. The summed E-state index contributed by atoms with van der Waals surface area (Å²) in [6, 6.07) is 12.4. The zero-order valence-corrected chi connectivity index (χ0v) is 15.2. The average molecular weight is 342 g/mol. The molecular formula is C19H22N2O2S. The SMILES string of the molecule is C#Cc1ccc2c(c1)S(=O)(=O)N(C)c1ccccc1C2NC.CC. The summed E-state index contributed by atoms with van der Waals surface area (Å²) >= 11 is 0. The van der Waals surface area contributed by atoms with E-state index in [0.717, 1.165) is 5.56 Å². The fourth-order valence-electron chi connectivity index (χ4n) is 2.86. The number of terminal acetylenes is 1. The molecule has 1 unspecified atom stereocenters. The monoisotopic (exact) mass is 342 g/mol. The molecule has 126 valence electrons. The predicted octanol–water partition coefficient (Wildman–Crippen LogP) is 3.14. The highest BCUT2D eigenvalue weighted by Gasteiger charge is 2.34. The van der Waals surface area contributed by atoms with E-state index in [1.807, 2.05) is 45.2 Å². The quantitative estimate of drug-likeness (QED) is 0.810. The van der Waals surface area contributed by atoms with E-state index in [0.29, 0.717) is 16.8 Å². The number of nitrogens with zero attached hydrogens (tertiary/aromatic N) is 1. The van der Waals surface area contributed by atoms with Gasteiger partial charge < -0.3 is 5.32 Å². The first-order valence-corrected chi connectivity index (χ1v) is 9.30. The minimum absolute atomic E-state index is 0.210. The largest absolute Gasteiger partial charge is 0.309 e. The zero-order chi connectivity index (χ0) is 17.9. The van der Waals surface area contributed by atoms with E-state index in [2.05, 4.69) is 11.2 Å². The number of fused-ring (bicyclic) bond motifs is 2. The maximum Gasteiger partial charge on any atom is 0.264 e. The number of anilines is 1. The molecule has 24 heavy (non-hydrogen) atoms. The third kappa shape index (κ3) is 2.79. The van der Waals surface area contributed by atoms with Gasteiger partial charge in [0, 0.05) is 12.6 Å². The van der Waals surface area contributed by atoms with Crippen molar-refractivity contribution in [3.63, 3.8) is 0 Å². The Bertz CT molecular complexity index is 882. The van der Waals surface area contributed by atoms with Gasteiger partial charge >= 0.3 is 0 Å². The summed E-state index contributed by atoms with van der Waals surface area (Å²) < 4.78 is 27.2. The van der Waals surface area contributed by atoms with E-state index in [9.17, 15) is 8.42 Å². The van der Waals surface area contributed by atoms with Crippen LogP contribution in [-0.4, -0.2) is 22.5 Å². The number of para-hydroxylation sites is 1. The van der Waals surface area contributed by atoms with Gasteiger partial charge in [-0.05, 0) is 36.4 Å². The normalized spacial score (nSPS) is 17.5. The molecule has 1 aliphatic heterocycles. The third-order valence-electron chi connectivity index (χ3n) is 4.01. The van der Waals surface area contributed by atoms with Crippen molar-refractivity contribution >= 4 is 15.7 Å². The molecule has 0 aliphatic carbocycles. The Balaban J connectivity index is 0.00000100. The van der Waals surface area contributed by atoms with Crippen LogP contribution in [0.25, 0.3) is 0 Å². The molecule has 0 saturated heterocycles. The molecule has 0 amide bonds. The van der Waals surface area contributed by atoms with Crippen molar-refractivity contribution in [3.05, 3.63) is 59.2 Å². The second-order valence-electron chi connectivity index (χ2n) is 5.15. The summed E-state index contributed by atoms with van der Waals surface area (Å²) in [6.07, 6.45) is 5.42. The van der Waals surface area contributed by atoms with E-state index in [4.69, 9.17) is 6.42 Å². The Morgan fingerprint density at radius 3 is 2.42 bits per heavy atom. The number of hydrogen-bond donors (Lipinski definition) is 1. The highest BCUT2D eigenvalue weighted by Crippen LogP contribution is 2.39. The van der Waals surface area contributed by atoms with Crippen molar-refractivity contribution in [3.8, 4) is 12.3 Å². The minimum atomic E-state index is -3.65. The van der Waals surface area contributed by atoms with Gasteiger partial charge in [-0.25, -0.2) is 8.42 Å². The maximum absolute atomic E-state index is 12.9. The lowest BCUT2D eigenvalue weighted by Gasteiger charge is -2.20. The van der Waals surface area contributed by atoms with Gasteiger partial charge in [0.15, 0.2) is 0 Å². The van der Waals surface area contributed by atoms with Crippen molar-refractivity contribution in [1.29, 1.82) is 0 Å². The van der Waals surface area contributed by atoms with Crippen molar-refractivity contribution in [2.45, 2.75) is 24.8 Å². The smallest absolute Gasteiger partial charge is 0.264 e. The second kappa shape index (κ2) is 7.08. The molecule has 3 rings (SSSR count). The summed E-state index contributed by atoms with van der Waals surface area (Å²) in [6.45, 7) is 4.00. The van der Waals surface area contributed by atoms with Gasteiger partial charge in [0.1, 0.15) is 0 Å². The molecule has 0 radical (unpaired) electrons. The van der Waals surface area contributed by atoms with Crippen LogP contribution in [0, 0.1) is 12.3 Å². The Hall–Kier alpha value is -2.29. The highest BCUT2D eigenvalue weighted by molar-refractivity contribution is 7.92. The van der Waals surface area contributed by atoms with Crippen LogP contribution in [0.2, 0.25) is 0 Å². The summed E-state index contributed by atoms with van der Waals surface area (Å²) in [4.78, 5) is 0.251. The van der Waals surface area contributed by atoms with Crippen molar-refractivity contribution in [2.24, 2.45) is 0 Å². The van der Waals surface area contributed by atoms with Crippen LogP contribution in [0.15, 0.2) is 47.4 Å². The Labute approximate surface area is 144 Å². The van der Waals surface area contributed by atoms with Crippen LogP contribution in [0.1, 0.15) is 36.6 Å². The van der Waals surface area contributed by atoms with E-state index >= 15 is 0 Å². The fourth-order valence-corrected chi connectivity index (χ4v) is 4.34. The second-order valence-corrected chi connectivity index (χ2v) is 7.09. The van der Waals surface area contributed by atoms with Gasteiger partial charge in [-0.2, -0.15) is 0 Å². The Morgan fingerprint density at radius 2 is 1.79 bits per heavy atom. The van der Waals surface area contributed by atoms with Crippen LogP contribution in [-0.2, 0) is 10.0 Å². The standard InChI is InChI=1S/C17H16N2O2S.C2H6/c1-4-12-9-10-14-16(11-12)22(20,21)19(3)15-8-6-5-7-13(15)17(14)18-2;1-2/h1,5-11,17-18H,2-3H3;1-2H3. The maximum atomic E-state index is 12.9. The number of nitrogens with one attached hydrogen (secondary N) is 1. The lowest BCUT2D eigenvalue weighted by Crippen LogP contribution is -2.26. The molecule has 0 bridgehead atoms. The van der Waals surface area contributed by atoms with Crippen LogP contribution in [0.5, 0.6) is 0 Å². The summed E-state index contributed by atoms with van der Waals surface area (Å²) in [5, 5.41) is 3.21. The molecule has 1 N–H and O–H groups in total. The molecule has 2 aromatic carbocycles. The van der Waals surface area contributed by atoms with Crippen LogP contribution in [0.3, 0.4) is 0 Å². The van der Waals surface area contributed by atoms with Gasteiger partial charge in [0.2, 0.25) is 0 Å². The molecule has 1 heterocycles. The first-order valence-electron chi connectivity index (χ1n) is 7.86. The molecule has 1 atom stereocenters. The van der Waals surface area contributed by atoms with E-state index in [1.54, 1.807) is 25.2 Å². The van der Waals surface area contributed by atoms with Crippen molar-refractivity contribution in [2.75, 3.05) is 18.4 Å². The molecule has 0 fully saturated rings. The number of rotatable bonds is 1. The first-order chi connectivity index (χ1) is 11.5. The topological polar surface area (TPSA) is 49.4 Å². The van der Waals surface area contributed by atoms with Gasteiger partial charge in [-0.3, -0.25) is 4.31 Å². The Morgan fingerprint density at radius 1 is 1.12 bits per heavy atom. The molecular weight excluding hydrogens is 320 g/mol. The lowest BCUT2D eigenvalue weighted by molar-refractivity contribution is 0.592. The van der Waals surface area contributed by atoms with Crippen molar-refractivity contribution < 1.29 is 8.42 Å². The fraction of sp³-hybridized carbons (Fsp3) is 0.263. The number of sulfonamides is 1. The number of hydrogen-bond acceptors (Lipinski definition) is 3. The molecule has 4 nitrogen and oxygen atoms in total. The first kappa shape index (κ1) is 18.1. The molecule has 2 aromatic rings. The van der Waals surface area contributed by atoms with E-state index in [-0.39, 0.29) is 10.9 Å². The van der Waals surface area contributed by atoms with Crippen LogP contribution >= 0.6 is 0 Å². The van der Waals surface area contributed by atoms with E-state index < -0.39 is 10.0 Å². The zero-order valence-electron chi connectivity index (χ0n) is 14.4. The van der Waals surface area contributed by atoms with Crippen molar-refractivity contribution in [1.82, 2.24) is 5.32 Å². The minimum Gasteiger partial charge on any atom is -0.309 e. The summed E-state index contributed by atoms with van der Waals surface area (Å²) in [5.41, 5.74) is 2.85. The molecule has 5 heteroatoms. The molecule has 1 aliphatic rings. The average Bonchev–Trinajstić information content (AvgIpc) is 2.69. The predicted molar refractivity (Wildman–Crippen MR) is 98.7 cm³/mol. The van der Waals surface area contributed by atoms with Crippen LogP contribution in [0.4, 0.5) is 5.69 Å². The van der Waals surface area contributed by atoms with Gasteiger partial charge in [-0.15, -0.1) is 6.42 Å². The van der Waals surface area contributed by atoms with Gasteiger partial charge in [0.05, 0.1) is 16.6 Å². The summed E-state index contributed by atoms with van der Waals surface area (Å²) in [7, 11) is -0.263. The van der Waals surface area contributed by atoms with Crippen LogP contribution < -0.4 is 9.62 Å².